The van der Waals surface area contributed by atoms with Gasteiger partial charge in [-0.2, -0.15) is 74.6 Å². The first-order valence-corrected chi connectivity index (χ1v) is 25.4. The van der Waals surface area contributed by atoms with Crippen LogP contribution in [0.25, 0.3) is 11.1 Å². The molecule has 5 amide bonds. The molecule has 0 saturated heterocycles. The van der Waals surface area contributed by atoms with Gasteiger partial charge in [-0.25, -0.2) is 4.79 Å². The summed E-state index contributed by atoms with van der Waals surface area (Å²) in [5.74, 6) is -59.4. The van der Waals surface area contributed by atoms with Crippen LogP contribution in [-0.2, 0) is 30.7 Å². The highest BCUT2D eigenvalue weighted by Crippen LogP contribution is 2.64. The van der Waals surface area contributed by atoms with E-state index in [9.17, 15) is 98.6 Å². The van der Waals surface area contributed by atoms with Gasteiger partial charge in [-0.15, -0.1) is 0 Å². The molecule has 15 nitrogen and oxygen atoms in total. The first-order chi connectivity index (χ1) is 39.1. The Morgan fingerprint density at radius 2 is 0.906 bits per heavy atom. The number of nitrogens with zero attached hydrogens (tertiary/aromatic N) is 3. The van der Waals surface area contributed by atoms with Gasteiger partial charge in [0.2, 0.25) is 5.91 Å². The summed E-state index contributed by atoms with van der Waals surface area (Å²) in [6, 6.07) is 19.8. The number of alkyl halides is 17. The number of rotatable bonds is 26. The van der Waals surface area contributed by atoms with Gasteiger partial charge in [-0.05, 0) is 80.1 Å². The van der Waals surface area contributed by atoms with Gasteiger partial charge in [0.15, 0.2) is 0 Å². The number of hydrogen-bond acceptors (Lipinski definition) is 7. The van der Waals surface area contributed by atoms with Crippen LogP contribution in [0.3, 0.4) is 0 Å². The predicted octanol–water partition coefficient (Wildman–Crippen LogP) is 11.7. The number of amides is 5. The smallest absolute Gasteiger partial charge is 0.449 e. The van der Waals surface area contributed by atoms with Gasteiger partial charge in [0, 0.05) is 77.1 Å². The van der Waals surface area contributed by atoms with Gasteiger partial charge >= 0.3 is 53.7 Å². The summed E-state index contributed by atoms with van der Waals surface area (Å²) >= 11 is 0. The highest BCUT2D eigenvalue weighted by Gasteiger charge is 2.95. The molecule has 85 heavy (non-hydrogen) atoms. The van der Waals surface area contributed by atoms with Crippen molar-refractivity contribution in [3.8, 4) is 11.1 Å². The number of nitrogens with one attached hydrogen (secondary N) is 6. The molecular formula is C53H54F17N9O6. The molecule has 6 rings (SSSR count). The van der Waals surface area contributed by atoms with E-state index in [-0.39, 0.29) is 79.9 Å². The minimum atomic E-state index is -8.71. The average molecular weight is 1240 g/mol. The minimum Gasteiger partial charge on any atom is -0.449 e. The third-order valence-corrected chi connectivity index (χ3v) is 13.8. The van der Waals surface area contributed by atoms with Crippen molar-refractivity contribution in [2.24, 2.45) is 21.1 Å². The van der Waals surface area contributed by atoms with Crippen LogP contribution in [0.2, 0.25) is 0 Å². The second-order valence-corrected chi connectivity index (χ2v) is 20.6. The monoisotopic (exact) mass is 1240 g/mol. The first kappa shape index (κ1) is 66.3. The summed E-state index contributed by atoms with van der Waals surface area (Å²) in [5, 5.41) is 15.6. The number of fused-ring (bicyclic) bond motifs is 3. The zero-order valence-corrected chi connectivity index (χ0v) is 45.2. The second-order valence-electron chi connectivity index (χ2n) is 20.6. The Morgan fingerprint density at radius 1 is 0.494 bits per heavy atom. The summed E-state index contributed by atoms with van der Waals surface area (Å²) in [6.07, 6.45) is -8.00. The van der Waals surface area contributed by atoms with E-state index in [1.807, 2.05) is 48.5 Å². The van der Waals surface area contributed by atoms with Crippen LogP contribution in [0.1, 0.15) is 94.5 Å². The number of aryl methyl sites for hydroxylation is 3. The molecule has 3 aromatic heterocycles. The van der Waals surface area contributed by atoms with Gasteiger partial charge in [0.05, 0.1) is 17.1 Å². The van der Waals surface area contributed by atoms with Gasteiger partial charge in [0.1, 0.15) is 23.7 Å². The molecule has 0 unspecified atom stereocenters. The van der Waals surface area contributed by atoms with Crippen molar-refractivity contribution in [3.05, 3.63) is 114 Å². The topological polar surface area (TPSA) is 182 Å². The van der Waals surface area contributed by atoms with Crippen LogP contribution in [0, 0.1) is 0 Å². The van der Waals surface area contributed by atoms with Gasteiger partial charge in [-0.1, -0.05) is 48.5 Å². The van der Waals surface area contributed by atoms with Crippen molar-refractivity contribution >= 4 is 46.8 Å². The average Bonchev–Trinajstić information content (AvgIpc) is 1.50. The van der Waals surface area contributed by atoms with E-state index in [2.05, 4.69) is 31.9 Å². The number of halogens is 17. The number of anilines is 3. The van der Waals surface area contributed by atoms with Gasteiger partial charge in [0.25, 0.3) is 17.7 Å². The number of alkyl carbamates (subject to hydrolysis) is 1. The van der Waals surface area contributed by atoms with E-state index in [1.165, 1.54) is 64.6 Å². The van der Waals surface area contributed by atoms with Crippen molar-refractivity contribution in [1.29, 1.82) is 0 Å². The van der Waals surface area contributed by atoms with Crippen LogP contribution >= 0.6 is 0 Å². The summed E-state index contributed by atoms with van der Waals surface area (Å²) < 4.78 is 242. The van der Waals surface area contributed by atoms with E-state index in [1.54, 1.807) is 7.05 Å². The SMILES string of the molecule is Cn1cc(NC(=O)c2cc(NC(=O)c3cc(NC(=O)CCCNC(=O)OCC4c5ccccc5-c5ccccc54)cn3C)cn2C)cc1C(=O)NCCCNC(C)(C)CCC(F)(F)C(F)(F)C(F)(F)C(F)(F)C(F)(F)C(F)(F)C(F)(F)C(F)(F)F. The molecule has 1 aliphatic rings. The highest BCUT2D eigenvalue weighted by atomic mass is 19.4. The van der Waals surface area contributed by atoms with Gasteiger partial charge in [-0.3, -0.25) is 19.2 Å². The fraction of sp³-hybridized carbons (Fsp3) is 0.453. The van der Waals surface area contributed by atoms with Crippen LogP contribution in [0.4, 0.5) is 96.5 Å². The van der Waals surface area contributed by atoms with Crippen LogP contribution < -0.4 is 31.9 Å². The molecule has 5 aromatic rings. The van der Waals surface area contributed by atoms with E-state index in [4.69, 9.17) is 4.74 Å². The maximum atomic E-state index is 14.6. The van der Waals surface area contributed by atoms with Gasteiger partial charge < -0.3 is 50.3 Å². The molecule has 3 heterocycles. The minimum absolute atomic E-state index is 0.0249. The number of ether oxygens (including phenoxy) is 1. The lowest BCUT2D eigenvalue weighted by molar-refractivity contribution is -0.461. The van der Waals surface area contributed by atoms with Crippen LogP contribution in [0.5, 0.6) is 0 Å². The van der Waals surface area contributed by atoms with Crippen molar-refractivity contribution in [2.45, 2.75) is 105 Å². The molecule has 0 bridgehead atoms. The van der Waals surface area contributed by atoms with Crippen molar-refractivity contribution < 1.29 is 103 Å². The number of aromatic nitrogens is 3. The molecule has 466 valence electrons. The Bertz CT molecular complexity index is 3230. The molecule has 6 N–H and O–H groups in total. The van der Waals surface area contributed by atoms with E-state index < -0.39 is 95.7 Å². The van der Waals surface area contributed by atoms with E-state index in [0.717, 1.165) is 36.1 Å². The summed E-state index contributed by atoms with van der Waals surface area (Å²) in [7, 11) is 4.48. The third-order valence-electron chi connectivity index (χ3n) is 13.8. The third kappa shape index (κ3) is 13.4. The fourth-order valence-corrected chi connectivity index (χ4v) is 9.00. The Labute approximate surface area is 472 Å². The van der Waals surface area contributed by atoms with Crippen LogP contribution in [-0.4, -0.2) is 123 Å². The predicted molar refractivity (Wildman–Crippen MR) is 272 cm³/mol. The number of carbonyl (C=O) groups is 5. The zero-order valence-electron chi connectivity index (χ0n) is 45.2. The Balaban J connectivity index is 0.915. The Kier molecular flexibility index (Phi) is 19.0. The molecular weight excluding hydrogens is 1180 g/mol. The number of hydrogen-bond donors (Lipinski definition) is 6. The largest absolute Gasteiger partial charge is 0.460 e. The molecule has 0 spiro atoms. The molecule has 0 saturated carbocycles. The highest BCUT2D eigenvalue weighted by molar-refractivity contribution is 6.07. The lowest BCUT2D eigenvalue weighted by Gasteiger charge is -2.43. The summed E-state index contributed by atoms with van der Waals surface area (Å²) in [6.45, 7) is 1.67. The van der Waals surface area contributed by atoms with Crippen molar-refractivity contribution in [1.82, 2.24) is 29.7 Å². The van der Waals surface area contributed by atoms with Crippen molar-refractivity contribution in [3.63, 3.8) is 0 Å². The van der Waals surface area contributed by atoms with E-state index in [0.29, 0.717) is 5.69 Å². The maximum Gasteiger partial charge on any atom is 0.460 e. The Morgan fingerprint density at radius 3 is 1.38 bits per heavy atom. The normalized spacial score (nSPS) is 13.7. The molecule has 0 aliphatic heterocycles. The van der Waals surface area contributed by atoms with Crippen molar-refractivity contribution in [2.75, 3.05) is 42.2 Å². The summed E-state index contributed by atoms with van der Waals surface area (Å²) in [5.41, 5.74) is 3.17. The number of benzene rings is 2. The fourth-order valence-electron chi connectivity index (χ4n) is 9.00. The molecule has 32 heteroatoms. The lowest BCUT2D eigenvalue weighted by atomic mass is 9.86. The quantitative estimate of drug-likeness (QED) is 0.0235. The summed E-state index contributed by atoms with van der Waals surface area (Å²) in [4.78, 5) is 65.0. The molecule has 0 atom stereocenters. The first-order valence-electron chi connectivity index (χ1n) is 25.4. The second kappa shape index (κ2) is 24.3. The zero-order chi connectivity index (χ0) is 63.7. The molecule has 1 aliphatic carbocycles. The lowest BCUT2D eigenvalue weighted by Crippen LogP contribution is -2.74. The molecule has 2 aromatic carbocycles. The van der Waals surface area contributed by atoms with E-state index >= 15 is 0 Å². The standard InChI is InChI=1S/C53H54F17N9O6/c1-45(2,17-18-46(54,55)47(56,57)48(58,59)49(60,61)50(62,63)51(64,65)52(66,67)53(68,69)70)73-21-11-20-71-41(81)37-23-30(26-77(37)3)75-43(83)39-24-31(27-79(39)5)76-42(82)38-22-29(25-78(38)4)74-40(80)16-10-19-72-44(84)85-28-36-34-14-8-6-12-32(34)33-13-7-9-15-35(33)36/h6-9,12-15,22-27,36,73H,10-11,16-21,28H2,1-5H3,(H,71,81)(H,72,84)(H,74,80)(H,75,83)(H,76,82). The molecule has 0 radical (unpaired) electrons. The number of carbonyl (C=O) groups excluding carboxylic acids is 5. The Hall–Kier alpha value is -7.80. The maximum absolute atomic E-state index is 14.6. The van der Waals surface area contributed by atoms with Crippen LogP contribution in [0.15, 0.2) is 85.3 Å². The molecule has 0 fully saturated rings.